The summed E-state index contributed by atoms with van der Waals surface area (Å²) in [6, 6.07) is 8.16. The fourth-order valence-corrected chi connectivity index (χ4v) is 3.93. The van der Waals surface area contributed by atoms with Gasteiger partial charge in [0.2, 0.25) is 5.95 Å². The zero-order valence-electron chi connectivity index (χ0n) is 15.8. The summed E-state index contributed by atoms with van der Waals surface area (Å²) >= 11 is 0. The number of H-pyrrole nitrogens is 1. The first-order valence-corrected chi connectivity index (χ1v) is 9.76. The summed E-state index contributed by atoms with van der Waals surface area (Å²) < 4.78 is 0. The predicted molar refractivity (Wildman–Crippen MR) is 107 cm³/mol. The molecule has 3 aromatic rings. The van der Waals surface area contributed by atoms with Gasteiger partial charge in [0.15, 0.2) is 0 Å². The van der Waals surface area contributed by atoms with Gasteiger partial charge in [0.05, 0.1) is 17.6 Å². The Labute approximate surface area is 163 Å². The van der Waals surface area contributed by atoms with Gasteiger partial charge in [-0.1, -0.05) is 12.1 Å². The normalized spacial score (nSPS) is 17.9. The molecular formula is C21H22N6O. The molecule has 0 spiro atoms. The van der Waals surface area contributed by atoms with Gasteiger partial charge < -0.3 is 10.2 Å². The van der Waals surface area contributed by atoms with E-state index < -0.39 is 0 Å². The van der Waals surface area contributed by atoms with Crippen LogP contribution in [0.1, 0.15) is 41.4 Å². The fourth-order valence-electron chi connectivity index (χ4n) is 3.93. The summed E-state index contributed by atoms with van der Waals surface area (Å²) in [6.45, 7) is 3.22. The van der Waals surface area contributed by atoms with E-state index in [1.165, 1.54) is 12.0 Å². The maximum atomic E-state index is 12.6. The zero-order chi connectivity index (χ0) is 19.1. The van der Waals surface area contributed by atoms with E-state index >= 15 is 0 Å². The summed E-state index contributed by atoms with van der Waals surface area (Å²) in [5, 5.41) is 9.40. The lowest BCUT2D eigenvalue weighted by atomic mass is 10.0. The summed E-state index contributed by atoms with van der Waals surface area (Å²) in [6.07, 6.45) is 7.52. The molecule has 7 heteroatoms. The molecule has 0 radical (unpaired) electrons. The van der Waals surface area contributed by atoms with Gasteiger partial charge in [0.1, 0.15) is 0 Å². The third-order valence-corrected chi connectivity index (χ3v) is 5.65. The third kappa shape index (κ3) is 2.93. The Morgan fingerprint density at radius 3 is 2.96 bits per heavy atom. The number of anilines is 2. The van der Waals surface area contributed by atoms with Crippen molar-refractivity contribution in [2.75, 3.05) is 16.8 Å². The molecule has 1 aliphatic carbocycles. The largest absolute Gasteiger partial charge is 0.338 e. The number of carbonyl (C=O) groups excluding carboxylic acids is 1. The molecule has 1 aliphatic heterocycles. The van der Waals surface area contributed by atoms with Crippen molar-refractivity contribution >= 4 is 17.5 Å². The van der Waals surface area contributed by atoms with Gasteiger partial charge in [-0.25, -0.2) is 9.97 Å². The smallest absolute Gasteiger partial charge is 0.255 e. The van der Waals surface area contributed by atoms with Crippen molar-refractivity contribution in [3.05, 3.63) is 53.5 Å². The minimum atomic E-state index is -0.162. The molecule has 1 amide bonds. The van der Waals surface area contributed by atoms with Crippen LogP contribution in [-0.4, -0.2) is 38.7 Å². The van der Waals surface area contributed by atoms with Crippen LogP contribution in [0, 0.1) is 0 Å². The first-order valence-electron chi connectivity index (χ1n) is 9.76. The summed E-state index contributed by atoms with van der Waals surface area (Å²) in [4.78, 5) is 24.6. The molecule has 5 rings (SSSR count). The molecule has 7 nitrogen and oxygen atoms in total. The highest BCUT2D eigenvalue weighted by molar-refractivity contribution is 6.04. The number of fused-ring (bicyclic) bond motifs is 1. The van der Waals surface area contributed by atoms with Crippen LogP contribution in [0.2, 0.25) is 0 Å². The molecule has 1 fully saturated rings. The van der Waals surface area contributed by atoms with Gasteiger partial charge in [0, 0.05) is 41.2 Å². The lowest BCUT2D eigenvalue weighted by Gasteiger charge is -2.39. The van der Waals surface area contributed by atoms with E-state index in [-0.39, 0.29) is 5.91 Å². The van der Waals surface area contributed by atoms with Crippen molar-refractivity contribution in [3.63, 3.8) is 0 Å². The zero-order valence-corrected chi connectivity index (χ0v) is 15.8. The van der Waals surface area contributed by atoms with E-state index in [1.807, 2.05) is 24.3 Å². The van der Waals surface area contributed by atoms with E-state index in [1.54, 1.807) is 12.4 Å². The summed E-state index contributed by atoms with van der Waals surface area (Å²) in [5.74, 6) is 0.660. The van der Waals surface area contributed by atoms with Crippen LogP contribution in [0.3, 0.4) is 0 Å². The first-order chi connectivity index (χ1) is 13.7. The number of hydrogen-bond donors (Lipinski definition) is 2. The van der Waals surface area contributed by atoms with Gasteiger partial charge in [0.25, 0.3) is 5.91 Å². The monoisotopic (exact) mass is 374 g/mol. The number of amides is 1. The number of aryl methyl sites for hydroxylation is 1. The van der Waals surface area contributed by atoms with E-state index in [2.05, 4.69) is 27.3 Å². The van der Waals surface area contributed by atoms with Crippen molar-refractivity contribution < 1.29 is 4.79 Å². The van der Waals surface area contributed by atoms with Crippen molar-refractivity contribution in [1.82, 2.24) is 20.2 Å². The van der Waals surface area contributed by atoms with Crippen LogP contribution in [0.4, 0.5) is 11.6 Å². The molecule has 0 unspecified atom stereocenters. The average Bonchev–Trinajstić information content (AvgIpc) is 3.38. The van der Waals surface area contributed by atoms with E-state index in [0.717, 1.165) is 48.7 Å². The van der Waals surface area contributed by atoms with Crippen LogP contribution in [0.15, 0.2) is 36.7 Å². The SMILES string of the molecule is C[C@H]1CCN1c1nc2c(c(-c3cccc(C(=O)Nc4cn[nH]c4)c3)n1)CCC2. The van der Waals surface area contributed by atoms with Crippen LogP contribution < -0.4 is 10.2 Å². The third-order valence-electron chi connectivity index (χ3n) is 5.65. The molecule has 2 aromatic heterocycles. The molecule has 2 aliphatic rings. The molecule has 1 saturated heterocycles. The maximum absolute atomic E-state index is 12.6. The number of aromatic nitrogens is 4. The Balaban J connectivity index is 1.51. The first kappa shape index (κ1) is 16.9. The van der Waals surface area contributed by atoms with Crippen molar-refractivity contribution in [1.29, 1.82) is 0 Å². The number of rotatable bonds is 4. The van der Waals surface area contributed by atoms with Gasteiger partial charge in [-0.05, 0) is 44.7 Å². The fraction of sp³-hybridized carbons (Fsp3) is 0.333. The van der Waals surface area contributed by atoms with Crippen LogP contribution in [-0.2, 0) is 12.8 Å². The average molecular weight is 374 g/mol. The van der Waals surface area contributed by atoms with Gasteiger partial charge >= 0.3 is 0 Å². The van der Waals surface area contributed by atoms with Gasteiger partial charge in [-0.3, -0.25) is 9.89 Å². The number of aromatic amines is 1. The summed E-state index contributed by atoms with van der Waals surface area (Å²) in [5.41, 5.74) is 5.57. The molecule has 1 atom stereocenters. The molecular weight excluding hydrogens is 352 g/mol. The van der Waals surface area contributed by atoms with Crippen LogP contribution in [0.25, 0.3) is 11.3 Å². The second kappa shape index (κ2) is 6.74. The molecule has 0 bridgehead atoms. The highest BCUT2D eigenvalue weighted by Crippen LogP contribution is 2.34. The lowest BCUT2D eigenvalue weighted by Crippen LogP contribution is -2.46. The molecule has 3 heterocycles. The summed E-state index contributed by atoms with van der Waals surface area (Å²) in [7, 11) is 0. The van der Waals surface area contributed by atoms with Crippen molar-refractivity contribution in [2.24, 2.45) is 0 Å². The number of hydrogen-bond acceptors (Lipinski definition) is 5. The number of nitrogens with zero attached hydrogens (tertiary/aromatic N) is 4. The predicted octanol–water partition coefficient (Wildman–Crippen LogP) is 3.21. The van der Waals surface area contributed by atoms with Crippen LogP contribution in [0.5, 0.6) is 0 Å². The van der Waals surface area contributed by atoms with Crippen molar-refractivity contribution in [3.8, 4) is 11.3 Å². The topological polar surface area (TPSA) is 86.8 Å². The van der Waals surface area contributed by atoms with Gasteiger partial charge in [-0.15, -0.1) is 0 Å². The van der Waals surface area contributed by atoms with Crippen LogP contribution >= 0.6 is 0 Å². The molecule has 28 heavy (non-hydrogen) atoms. The quantitative estimate of drug-likeness (QED) is 0.732. The molecule has 142 valence electrons. The second-order valence-electron chi connectivity index (χ2n) is 7.50. The lowest BCUT2D eigenvalue weighted by molar-refractivity contribution is 0.102. The van der Waals surface area contributed by atoms with E-state index in [4.69, 9.17) is 9.97 Å². The number of nitrogens with one attached hydrogen (secondary N) is 2. The van der Waals surface area contributed by atoms with Gasteiger partial charge in [-0.2, -0.15) is 5.10 Å². The minimum absolute atomic E-state index is 0.162. The molecule has 1 aromatic carbocycles. The Morgan fingerprint density at radius 2 is 2.21 bits per heavy atom. The minimum Gasteiger partial charge on any atom is -0.338 e. The maximum Gasteiger partial charge on any atom is 0.255 e. The Morgan fingerprint density at radius 1 is 1.29 bits per heavy atom. The molecule has 0 saturated carbocycles. The second-order valence-corrected chi connectivity index (χ2v) is 7.50. The Hall–Kier alpha value is -3.22. The van der Waals surface area contributed by atoms with Crippen molar-refractivity contribution in [2.45, 2.75) is 38.6 Å². The molecule has 2 N–H and O–H groups in total. The van der Waals surface area contributed by atoms with E-state index in [9.17, 15) is 4.79 Å². The highest BCUT2D eigenvalue weighted by atomic mass is 16.1. The standard InChI is InChI=1S/C21H22N6O/c1-13-8-9-27(13)21-25-18-7-3-6-17(18)19(26-21)14-4-2-5-15(10-14)20(28)24-16-11-22-23-12-16/h2,4-5,10-13H,3,6-9H2,1H3,(H,22,23)(H,24,28)/t13-/m0/s1. The van der Waals surface area contributed by atoms with E-state index in [0.29, 0.717) is 17.3 Å². The number of carbonyl (C=O) groups is 1. The Bertz CT molecular complexity index is 1030. The highest BCUT2D eigenvalue weighted by Gasteiger charge is 2.29. The Kier molecular flexibility index (Phi) is 4.07. The number of benzene rings is 1.